The largest absolute Gasteiger partial charge is 0.362 e. The molecule has 0 N–H and O–H groups in total. The SMILES string of the molecule is CCN(/C=N/S(=O)(=O)c1c(Br)cccc1Br)CC. The lowest BCUT2D eigenvalue weighted by Crippen LogP contribution is -2.21. The van der Waals surface area contributed by atoms with Gasteiger partial charge in [-0.25, -0.2) is 0 Å². The van der Waals surface area contributed by atoms with E-state index in [1.165, 1.54) is 6.34 Å². The van der Waals surface area contributed by atoms with E-state index < -0.39 is 10.0 Å². The lowest BCUT2D eigenvalue weighted by Gasteiger charge is -2.13. The third kappa shape index (κ3) is 3.80. The highest BCUT2D eigenvalue weighted by molar-refractivity contribution is 9.11. The van der Waals surface area contributed by atoms with E-state index in [9.17, 15) is 8.42 Å². The second kappa shape index (κ2) is 6.68. The smallest absolute Gasteiger partial charge is 0.285 e. The van der Waals surface area contributed by atoms with Crippen molar-refractivity contribution in [3.05, 3.63) is 27.1 Å². The molecule has 0 fully saturated rings. The van der Waals surface area contributed by atoms with Crippen LogP contribution < -0.4 is 0 Å². The Morgan fingerprint density at radius 3 is 2.17 bits per heavy atom. The molecule has 0 spiro atoms. The van der Waals surface area contributed by atoms with Crippen LogP contribution in [0.2, 0.25) is 0 Å². The predicted octanol–water partition coefficient (Wildman–Crippen LogP) is 3.27. The van der Waals surface area contributed by atoms with E-state index in [0.29, 0.717) is 22.0 Å². The Morgan fingerprint density at radius 1 is 1.22 bits per heavy atom. The second-order valence-corrected chi connectivity index (χ2v) is 6.75. The summed E-state index contributed by atoms with van der Waals surface area (Å²) in [6, 6.07) is 5.09. The number of hydrogen-bond donors (Lipinski definition) is 0. The Hall–Kier alpha value is -0.400. The van der Waals surface area contributed by atoms with E-state index in [0.717, 1.165) is 0 Å². The van der Waals surface area contributed by atoms with Crippen LogP contribution in [0.3, 0.4) is 0 Å². The molecular weight excluding hydrogens is 384 g/mol. The zero-order valence-electron chi connectivity index (χ0n) is 10.1. The molecule has 0 aromatic heterocycles. The van der Waals surface area contributed by atoms with E-state index in [2.05, 4.69) is 36.3 Å². The van der Waals surface area contributed by atoms with E-state index in [1.54, 1.807) is 18.2 Å². The first-order chi connectivity index (χ1) is 8.42. The van der Waals surface area contributed by atoms with Crippen LogP contribution in [0, 0.1) is 0 Å². The van der Waals surface area contributed by atoms with Gasteiger partial charge in [0.2, 0.25) is 0 Å². The molecule has 0 aliphatic carbocycles. The van der Waals surface area contributed by atoms with E-state index in [-0.39, 0.29) is 4.90 Å². The molecule has 4 nitrogen and oxygen atoms in total. The maximum Gasteiger partial charge on any atom is 0.285 e. The molecule has 0 atom stereocenters. The van der Waals surface area contributed by atoms with Gasteiger partial charge < -0.3 is 4.90 Å². The van der Waals surface area contributed by atoms with Crippen molar-refractivity contribution in [3.8, 4) is 0 Å². The molecular formula is C11H14Br2N2O2S. The fourth-order valence-corrected chi connectivity index (χ4v) is 4.51. The molecule has 0 bridgehead atoms. The first kappa shape index (κ1) is 15.7. The molecule has 0 heterocycles. The maximum absolute atomic E-state index is 12.1. The van der Waals surface area contributed by atoms with Gasteiger partial charge in [-0.3, -0.25) is 0 Å². The monoisotopic (exact) mass is 396 g/mol. The maximum atomic E-state index is 12.1. The van der Waals surface area contributed by atoms with Gasteiger partial charge in [0.15, 0.2) is 0 Å². The summed E-state index contributed by atoms with van der Waals surface area (Å²) in [5.41, 5.74) is 0. The highest BCUT2D eigenvalue weighted by atomic mass is 79.9. The van der Waals surface area contributed by atoms with Crippen molar-refractivity contribution in [2.75, 3.05) is 13.1 Å². The molecule has 1 rings (SSSR count). The molecule has 0 radical (unpaired) electrons. The van der Waals surface area contributed by atoms with E-state index in [4.69, 9.17) is 0 Å². The summed E-state index contributed by atoms with van der Waals surface area (Å²) in [5, 5.41) is 0. The molecule has 0 saturated heterocycles. The van der Waals surface area contributed by atoms with Gasteiger partial charge in [0.1, 0.15) is 11.2 Å². The van der Waals surface area contributed by atoms with Gasteiger partial charge >= 0.3 is 0 Å². The normalized spacial score (nSPS) is 12.0. The Labute approximate surface area is 124 Å². The summed E-state index contributed by atoms with van der Waals surface area (Å²) in [5.74, 6) is 0. The van der Waals surface area contributed by atoms with Gasteiger partial charge in [0, 0.05) is 22.0 Å². The van der Waals surface area contributed by atoms with Crippen LogP contribution in [-0.4, -0.2) is 32.7 Å². The third-order valence-corrected chi connectivity index (χ3v) is 5.51. The van der Waals surface area contributed by atoms with Gasteiger partial charge in [-0.05, 0) is 57.8 Å². The van der Waals surface area contributed by atoms with Crippen LogP contribution >= 0.6 is 31.9 Å². The summed E-state index contributed by atoms with van der Waals surface area (Å²) in [6.07, 6.45) is 1.36. The Morgan fingerprint density at radius 2 is 1.72 bits per heavy atom. The average molecular weight is 398 g/mol. The summed E-state index contributed by atoms with van der Waals surface area (Å²) in [4.78, 5) is 1.95. The molecule has 0 aliphatic heterocycles. The molecule has 0 amide bonds. The Kier molecular flexibility index (Phi) is 5.81. The second-order valence-electron chi connectivity index (χ2n) is 3.47. The standard InChI is InChI=1S/C11H14Br2N2O2S/c1-3-15(4-2)8-14-18(16,17)11-9(12)6-5-7-10(11)13/h5-8H,3-4H2,1-2H3/b14-8+. The van der Waals surface area contributed by atoms with Crippen molar-refractivity contribution in [2.24, 2.45) is 4.40 Å². The van der Waals surface area contributed by atoms with Crippen LogP contribution in [-0.2, 0) is 10.0 Å². The third-order valence-electron chi connectivity index (χ3n) is 2.34. The van der Waals surface area contributed by atoms with Gasteiger partial charge in [-0.15, -0.1) is 4.40 Å². The molecule has 0 unspecified atom stereocenters. The Bertz CT molecular complexity index is 520. The van der Waals surface area contributed by atoms with Crippen LogP contribution in [0.1, 0.15) is 13.8 Å². The first-order valence-corrected chi connectivity index (χ1v) is 8.43. The molecule has 1 aromatic rings. The van der Waals surface area contributed by atoms with Crippen molar-refractivity contribution in [2.45, 2.75) is 18.7 Å². The molecule has 1 aromatic carbocycles. The first-order valence-electron chi connectivity index (χ1n) is 5.41. The van der Waals surface area contributed by atoms with Crippen molar-refractivity contribution in [1.82, 2.24) is 4.90 Å². The highest BCUT2D eigenvalue weighted by Gasteiger charge is 2.19. The van der Waals surface area contributed by atoms with E-state index in [1.807, 2.05) is 18.7 Å². The lowest BCUT2D eigenvalue weighted by molar-refractivity contribution is 0.480. The number of sulfonamides is 1. The molecule has 100 valence electrons. The molecule has 18 heavy (non-hydrogen) atoms. The lowest BCUT2D eigenvalue weighted by atomic mass is 10.4. The van der Waals surface area contributed by atoms with Gasteiger partial charge in [-0.2, -0.15) is 8.42 Å². The zero-order valence-corrected chi connectivity index (χ0v) is 14.1. The molecule has 0 aliphatic rings. The summed E-state index contributed by atoms with van der Waals surface area (Å²) in [7, 11) is -3.70. The number of halogens is 2. The minimum atomic E-state index is -3.70. The topological polar surface area (TPSA) is 49.7 Å². The molecule has 7 heteroatoms. The number of rotatable bonds is 5. The van der Waals surface area contributed by atoms with Crippen molar-refractivity contribution < 1.29 is 8.42 Å². The highest BCUT2D eigenvalue weighted by Crippen LogP contribution is 2.30. The van der Waals surface area contributed by atoms with Crippen molar-refractivity contribution in [3.63, 3.8) is 0 Å². The number of hydrogen-bond acceptors (Lipinski definition) is 2. The van der Waals surface area contributed by atoms with Crippen LogP contribution in [0.15, 0.2) is 36.4 Å². The molecule has 0 saturated carbocycles. The quantitative estimate of drug-likeness (QED) is 0.565. The summed E-state index contributed by atoms with van der Waals surface area (Å²) in [6.45, 7) is 5.31. The fourth-order valence-electron chi connectivity index (χ4n) is 1.30. The average Bonchev–Trinajstić information content (AvgIpc) is 2.29. The van der Waals surface area contributed by atoms with Crippen LogP contribution in [0.5, 0.6) is 0 Å². The Balaban J connectivity index is 3.15. The van der Waals surface area contributed by atoms with Crippen LogP contribution in [0.25, 0.3) is 0 Å². The number of nitrogens with zero attached hydrogens (tertiary/aromatic N) is 2. The van der Waals surface area contributed by atoms with Gasteiger partial charge in [0.25, 0.3) is 10.0 Å². The zero-order chi connectivity index (χ0) is 13.8. The van der Waals surface area contributed by atoms with Crippen molar-refractivity contribution in [1.29, 1.82) is 0 Å². The van der Waals surface area contributed by atoms with Gasteiger partial charge in [-0.1, -0.05) is 6.07 Å². The minimum Gasteiger partial charge on any atom is -0.362 e. The van der Waals surface area contributed by atoms with Crippen LogP contribution in [0.4, 0.5) is 0 Å². The minimum absolute atomic E-state index is 0.147. The predicted molar refractivity (Wildman–Crippen MR) is 80.4 cm³/mol. The van der Waals surface area contributed by atoms with Crippen molar-refractivity contribution >= 4 is 48.2 Å². The van der Waals surface area contributed by atoms with Gasteiger partial charge in [0.05, 0.1) is 0 Å². The van der Waals surface area contributed by atoms with E-state index >= 15 is 0 Å². The summed E-state index contributed by atoms with van der Waals surface area (Å²) < 4.78 is 28.9. The summed E-state index contributed by atoms with van der Waals surface area (Å²) >= 11 is 6.45. The fraction of sp³-hybridized carbons (Fsp3) is 0.364. The number of benzene rings is 1.